The Balaban J connectivity index is 2.10. The van der Waals surface area contributed by atoms with Gasteiger partial charge in [-0.15, -0.1) is 0 Å². The number of hydrogen-bond acceptors (Lipinski definition) is 3. The minimum absolute atomic E-state index is 0.0387. The first-order valence-electron chi connectivity index (χ1n) is 5.79. The summed E-state index contributed by atoms with van der Waals surface area (Å²) in [6, 6.07) is 14.9. The van der Waals surface area contributed by atoms with Crippen molar-refractivity contribution in [3.8, 4) is 0 Å². The molecular weight excluding hydrogens is 228 g/mol. The van der Waals surface area contributed by atoms with Gasteiger partial charge in [0.25, 0.3) is 0 Å². The Morgan fingerprint density at radius 2 is 1.89 bits per heavy atom. The Morgan fingerprint density at radius 1 is 1.11 bits per heavy atom. The molecule has 0 saturated heterocycles. The van der Waals surface area contributed by atoms with Crippen LogP contribution < -0.4 is 0 Å². The number of cyclic esters (lactones) is 1. The number of carbonyl (C=O) groups excluding carboxylic acids is 1. The summed E-state index contributed by atoms with van der Waals surface area (Å²) in [5, 5.41) is 9.17. The highest BCUT2D eigenvalue weighted by Gasteiger charge is 2.32. The van der Waals surface area contributed by atoms with Gasteiger partial charge < -0.3 is 9.84 Å². The topological polar surface area (TPSA) is 46.5 Å². The smallest absolute Gasteiger partial charge is 0.339 e. The molecule has 0 fully saturated rings. The van der Waals surface area contributed by atoms with Crippen LogP contribution >= 0.6 is 0 Å². The molecule has 2 aromatic carbocycles. The highest BCUT2D eigenvalue weighted by Crippen LogP contribution is 2.36. The number of benzene rings is 2. The number of aliphatic hydroxyl groups is 1. The average molecular weight is 240 g/mol. The van der Waals surface area contributed by atoms with E-state index in [4.69, 9.17) is 9.84 Å². The van der Waals surface area contributed by atoms with Crippen LogP contribution in [0.25, 0.3) is 0 Å². The van der Waals surface area contributed by atoms with E-state index >= 15 is 0 Å². The predicted molar refractivity (Wildman–Crippen MR) is 66.1 cm³/mol. The van der Waals surface area contributed by atoms with Gasteiger partial charge in [0.2, 0.25) is 0 Å². The molecule has 1 unspecified atom stereocenters. The van der Waals surface area contributed by atoms with Crippen LogP contribution in [-0.4, -0.2) is 11.1 Å². The second-order valence-corrected chi connectivity index (χ2v) is 4.28. The summed E-state index contributed by atoms with van der Waals surface area (Å²) in [6.07, 6.45) is -0.361. The Morgan fingerprint density at radius 3 is 2.61 bits per heavy atom. The van der Waals surface area contributed by atoms with Crippen molar-refractivity contribution in [1.29, 1.82) is 0 Å². The van der Waals surface area contributed by atoms with E-state index in [-0.39, 0.29) is 18.7 Å². The van der Waals surface area contributed by atoms with Crippen LogP contribution in [0.2, 0.25) is 0 Å². The molecule has 0 radical (unpaired) electrons. The van der Waals surface area contributed by atoms with Crippen LogP contribution in [0.15, 0.2) is 48.5 Å². The fourth-order valence-electron chi connectivity index (χ4n) is 2.22. The minimum atomic E-state index is -0.361. The van der Waals surface area contributed by atoms with Crippen molar-refractivity contribution in [1.82, 2.24) is 0 Å². The van der Waals surface area contributed by atoms with Crippen molar-refractivity contribution in [3.63, 3.8) is 0 Å². The van der Waals surface area contributed by atoms with E-state index in [9.17, 15) is 4.79 Å². The van der Waals surface area contributed by atoms with Crippen LogP contribution in [0.1, 0.15) is 33.2 Å². The molecule has 3 heteroatoms. The van der Waals surface area contributed by atoms with Crippen LogP contribution in [-0.2, 0) is 11.3 Å². The van der Waals surface area contributed by atoms with Crippen LogP contribution in [0.4, 0.5) is 0 Å². The summed E-state index contributed by atoms with van der Waals surface area (Å²) < 4.78 is 5.40. The van der Waals surface area contributed by atoms with Crippen molar-refractivity contribution >= 4 is 5.97 Å². The maximum absolute atomic E-state index is 11.8. The van der Waals surface area contributed by atoms with E-state index in [0.717, 1.165) is 16.7 Å². The molecule has 0 aliphatic carbocycles. The van der Waals surface area contributed by atoms with Gasteiger partial charge in [-0.3, -0.25) is 0 Å². The summed E-state index contributed by atoms with van der Waals surface area (Å²) in [5.74, 6) is -0.302. The third-order valence-electron chi connectivity index (χ3n) is 3.13. The lowest BCUT2D eigenvalue weighted by atomic mass is 9.97. The second-order valence-electron chi connectivity index (χ2n) is 4.28. The van der Waals surface area contributed by atoms with Gasteiger partial charge in [-0.2, -0.15) is 0 Å². The van der Waals surface area contributed by atoms with Gasteiger partial charge in [0.05, 0.1) is 12.2 Å². The highest BCUT2D eigenvalue weighted by atomic mass is 16.5. The second kappa shape index (κ2) is 4.27. The number of hydrogen-bond donors (Lipinski definition) is 1. The van der Waals surface area contributed by atoms with Gasteiger partial charge in [-0.1, -0.05) is 36.4 Å². The standard InChI is InChI=1S/C15H12O3/c16-9-10-6-7-12-13(8-10)14(18-15(12)17)11-4-2-1-3-5-11/h1-8,14,16H,9H2. The van der Waals surface area contributed by atoms with Crippen molar-refractivity contribution in [3.05, 3.63) is 70.8 Å². The monoisotopic (exact) mass is 240 g/mol. The van der Waals surface area contributed by atoms with E-state index < -0.39 is 0 Å². The Kier molecular flexibility index (Phi) is 2.61. The van der Waals surface area contributed by atoms with Gasteiger partial charge in [0, 0.05) is 5.56 Å². The third kappa shape index (κ3) is 1.69. The van der Waals surface area contributed by atoms with Crippen LogP contribution in [0.5, 0.6) is 0 Å². The average Bonchev–Trinajstić information content (AvgIpc) is 2.76. The van der Waals surface area contributed by atoms with Gasteiger partial charge in [0.15, 0.2) is 6.10 Å². The molecule has 3 nitrogen and oxygen atoms in total. The van der Waals surface area contributed by atoms with E-state index in [0.29, 0.717) is 5.56 Å². The third-order valence-corrected chi connectivity index (χ3v) is 3.13. The van der Waals surface area contributed by atoms with E-state index in [1.807, 2.05) is 36.4 Å². The summed E-state index contributed by atoms with van der Waals surface area (Å²) in [4.78, 5) is 11.8. The highest BCUT2D eigenvalue weighted by molar-refractivity contribution is 5.94. The molecular formula is C15H12O3. The minimum Gasteiger partial charge on any atom is -0.449 e. The fourth-order valence-corrected chi connectivity index (χ4v) is 2.22. The molecule has 18 heavy (non-hydrogen) atoms. The first kappa shape index (κ1) is 11.0. The van der Waals surface area contributed by atoms with Gasteiger partial charge >= 0.3 is 5.97 Å². The zero-order chi connectivity index (χ0) is 12.5. The SMILES string of the molecule is O=C1OC(c2ccccc2)c2cc(CO)ccc21. The maximum Gasteiger partial charge on any atom is 0.339 e. The quantitative estimate of drug-likeness (QED) is 0.820. The van der Waals surface area contributed by atoms with Crippen LogP contribution in [0, 0.1) is 0 Å². The molecule has 1 heterocycles. The van der Waals surface area contributed by atoms with E-state index in [1.165, 1.54) is 0 Å². The van der Waals surface area contributed by atoms with Crippen molar-refractivity contribution in [2.75, 3.05) is 0 Å². The molecule has 1 aliphatic rings. The molecule has 0 spiro atoms. The Labute approximate surface area is 105 Å². The number of rotatable bonds is 2. The van der Waals surface area contributed by atoms with Gasteiger partial charge in [0.1, 0.15) is 0 Å². The first-order valence-corrected chi connectivity index (χ1v) is 5.79. The molecule has 90 valence electrons. The normalized spacial score (nSPS) is 17.4. The first-order chi connectivity index (χ1) is 8.79. The largest absolute Gasteiger partial charge is 0.449 e. The number of ether oxygens (including phenoxy) is 1. The van der Waals surface area contributed by atoms with Crippen LogP contribution in [0.3, 0.4) is 0 Å². The van der Waals surface area contributed by atoms with E-state index in [1.54, 1.807) is 12.1 Å². The summed E-state index contributed by atoms with van der Waals surface area (Å²) >= 11 is 0. The van der Waals surface area contributed by atoms with Crippen molar-refractivity contribution in [2.24, 2.45) is 0 Å². The molecule has 0 bridgehead atoms. The summed E-state index contributed by atoms with van der Waals surface area (Å²) in [7, 11) is 0. The lowest BCUT2D eigenvalue weighted by molar-refractivity contribution is 0.0456. The number of aliphatic hydroxyl groups excluding tert-OH is 1. The van der Waals surface area contributed by atoms with E-state index in [2.05, 4.69) is 0 Å². The van der Waals surface area contributed by atoms with Crippen molar-refractivity contribution < 1.29 is 14.6 Å². The lowest BCUT2D eigenvalue weighted by Crippen LogP contribution is -2.00. The molecule has 1 aliphatic heterocycles. The molecule has 1 atom stereocenters. The van der Waals surface area contributed by atoms with Crippen molar-refractivity contribution in [2.45, 2.75) is 12.7 Å². The predicted octanol–water partition coefficient (Wildman–Crippen LogP) is 2.44. The number of fused-ring (bicyclic) bond motifs is 1. The zero-order valence-corrected chi connectivity index (χ0v) is 9.67. The Hall–Kier alpha value is -2.13. The number of carbonyl (C=O) groups is 1. The lowest BCUT2D eigenvalue weighted by Gasteiger charge is -2.11. The molecule has 1 N–H and O–H groups in total. The zero-order valence-electron chi connectivity index (χ0n) is 9.67. The molecule has 0 aromatic heterocycles. The summed E-state index contributed by atoms with van der Waals surface area (Å²) in [5.41, 5.74) is 3.14. The van der Waals surface area contributed by atoms with Gasteiger partial charge in [-0.05, 0) is 23.3 Å². The molecule has 2 aromatic rings. The fraction of sp³-hybridized carbons (Fsp3) is 0.133. The molecule has 0 saturated carbocycles. The maximum atomic E-state index is 11.8. The molecule has 3 rings (SSSR count). The van der Waals surface area contributed by atoms with Gasteiger partial charge in [-0.25, -0.2) is 4.79 Å². The molecule has 0 amide bonds. The Bertz CT molecular complexity index is 590. The number of esters is 1. The summed E-state index contributed by atoms with van der Waals surface area (Å²) in [6.45, 7) is -0.0387.